The minimum Gasteiger partial charge on any atom is -0.378 e. The van der Waals surface area contributed by atoms with Gasteiger partial charge in [0.25, 0.3) is 9.05 Å². The van der Waals surface area contributed by atoms with Crippen LogP contribution >= 0.6 is 22.0 Å². The smallest absolute Gasteiger partial charge is 0.272 e. The van der Waals surface area contributed by atoms with Crippen molar-refractivity contribution >= 4 is 42.1 Å². The van der Waals surface area contributed by atoms with Crippen LogP contribution in [0, 0.1) is 6.92 Å². The first-order valence-corrected chi connectivity index (χ1v) is 9.15. The van der Waals surface area contributed by atoms with Gasteiger partial charge >= 0.3 is 0 Å². The topological polar surface area (TPSA) is 85.4 Å². The molecule has 0 aromatic carbocycles. The van der Waals surface area contributed by atoms with Gasteiger partial charge in [0, 0.05) is 17.8 Å². The Morgan fingerprint density at radius 3 is 2.60 bits per heavy atom. The molecule has 0 aliphatic heterocycles. The van der Waals surface area contributed by atoms with Crippen LogP contribution in [-0.2, 0) is 18.6 Å². The molecule has 0 saturated heterocycles. The first kappa shape index (κ1) is 15.7. The van der Waals surface area contributed by atoms with Gasteiger partial charge in [-0.1, -0.05) is 11.3 Å². The predicted octanol–water partition coefficient (Wildman–Crippen LogP) is 2.28. The van der Waals surface area contributed by atoms with Crippen molar-refractivity contribution in [2.45, 2.75) is 42.4 Å². The number of rotatable bonds is 5. The van der Waals surface area contributed by atoms with Gasteiger partial charge in [0.2, 0.25) is 5.91 Å². The molecular weight excluding hydrogens is 324 g/mol. The fourth-order valence-corrected chi connectivity index (χ4v) is 4.51. The van der Waals surface area contributed by atoms with Gasteiger partial charge in [-0.3, -0.25) is 4.79 Å². The van der Waals surface area contributed by atoms with Crippen LogP contribution in [0.4, 0.5) is 5.13 Å². The van der Waals surface area contributed by atoms with E-state index in [1.165, 1.54) is 6.92 Å². The molecule has 6 nitrogen and oxygen atoms in total. The van der Waals surface area contributed by atoms with E-state index in [1.807, 2.05) is 0 Å². The zero-order valence-electron chi connectivity index (χ0n) is 11.1. The molecule has 1 aromatic heterocycles. The number of anilines is 1. The summed E-state index contributed by atoms with van der Waals surface area (Å²) in [5.41, 5.74) is -0.0944. The number of hydrogen-bond acceptors (Lipinski definition) is 6. The second-order valence-corrected chi connectivity index (χ2v) is 8.56. The van der Waals surface area contributed by atoms with E-state index in [2.05, 4.69) is 10.3 Å². The highest BCUT2D eigenvalue weighted by atomic mass is 35.7. The van der Waals surface area contributed by atoms with Gasteiger partial charge in [-0.2, -0.15) is 0 Å². The Kier molecular flexibility index (Phi) is 4.38. The summed E-state index contributed by atoms with van der Waals surface area (Å²) >= 11 is 0.850. The maximum Gasteiger partial charge on any atom is 0.272 e. The number of halogens is 1. The van der Waals surface area contributed by atoms with Crippen molar-refractivity contribution in [1.29, 1.82) is 0 Å². The van der Waals surface area contributed by atoms with Crippen molar-refractivity contribution in [2.75, 3.05) is 12.4 Å². The number of aromatic nitrogens is 1. The fraction of sp³-hybridized carbons (Fsp3) is 0.636. The lowest BCUT2D eigenvalue weighted by molar-refractivity contribution is -0.129. The van der Waals surface area contributed by atoms with E-state index in [0.717, 1.165) is 30.6 Å². The SMILES string of the molecule is COC1(CC(=O)Nc2nc(C)c(S(=O)(=O)Cl)s2)CCC1. The van der Waals surface area contributed by atoms with Crippen LogP contribution in [0.3, 0.4) is 0 Å². The minimum absolute atomic E-state index is 0.0421. The van der Waals surface area contributed by atoms with E-state index < -0.39 is 9.05 Å². The molecule has 0 spiro atoms. The quantitative estimate of drug-likeness (QED) is 0.832. The zero-order chi connectivity index (χ0) is 15.0. The van der Waals surface area contributed by atoms with Crippen LogP contribution in [0.1, 0.15) is 31.4 Å². The van der Waals surface area contributed by atoms with E-state index in [9.17, 15) is 13.2 Å². The van der Waals surface area contributed by atoms with Gasteiger partial charge in [0.1, 0.15) is 0 Å². The number of carbonyl (C=O) groups excluding carboxylic acids is 1. The molecule has 0 radical (unpaired) electrons. The second kappa shape index (κ2) is 5.59. The van der Waals surface area contributed by atoms with Crippen molar-refractivity contribution in [1.82, 2.24) is 4.98 Å². The summed E-state index contributed by atoms with van der Waals surface area (Å²) in [6.07, 6.45) is 3.00. The molecule has 1 heterocycles. The Morgan fingerprint density at radius 1 is 1.55 bits per heavy atom. The average Bonchev–Trinajstić information content (AvgIpc) is 2.64. The zero-order valence-corrected chi connectivity index (χ0v) is 13.5. The number of ether oxygens (including phenoxy) is 1. The van der Waals surface area contributed by atoms with E-state index in [-0.39, 0.29) is 33.0 Å². The second-order valence-electron chi connectivity index (χ2n) is 4.80. The monoisotopic (exact) mass is 338 g/mol. The third kappa shape index (κ3) is 3.30. The number of hydrogen-bond donors (Lipinski definition) is 1. The van der Waals surface area contributed by atoms with E-state index >= 15 is 0 Å². The predicted molar refractivity (Wildman–Crippen MR) is 76.7 cm³/mol. The molecular formula is C11H15ClN2O4S2. The van der Waals surface area contributed by atoms with Crippen molar-refractivity contribution in [3.8, 4) is 0 Å². The maximum atomic E-state index is 11.9. The Labute approximate surface area is 125 Å². The first-order valence-electron chi connectivity index (χ1n) is 6.03. The third-order valence-corrected chi connectivity index (χ3v) is 6.65. The van der Waals surface area contributed by atoms with Gasteiger partial charge in [-0.05, 0) is 26.2 Å². The summed E-state index contributed by atoms with van der Waals surface area (Å²) in [7, 11) is 3.05. The van der Waals surface area contributed by atoms with Gasteiger partial charge in [0.15, 0.2) is 9.34 Å². The standard InChI is InChI=1S/C11H15ClN2O4S2/c1-7-9(20(12,16)17)19-10(13-7)14-8(15)6-11(18-2)4-3-5-11/h3-6H2,1-2H3,(H,13,14,15). The molecule has 112 valence electrons. The first-order chi connectivity index (χ1) is 9.26. The molecule has 1 aliphatic carbocycles. The lowest BCUT2D eigenvalue weighted by Crippen LogP contribution is -2.42. The van der Waals surface area contributed by atoms with Crippen LogP contribution in [-0.4, -0.2) is 32.0 Å². The number of methoxy groups -OCH3 is 1. The Bertz CT molecular complexity index is 617. The number of amides is 1. The molecule has 1 aromatic rings. The third-order valence-electron chi connectivity index (χ3n) is 3.40. The molecule has 1 fully saturated rings. The van der Waals surface area contributed by atoms with Crippen LogP contribution in [0.25, 0.3) is 0 Å². The Morgan fingerprint density at radius 2 is 2.20 bits per heavy atom. The highest BCUT2D eigenvalue weighted by Crippen LogP contribution is 2.38. The summed E-state index contributed by atoms with van der Waals surface area (Å²) in [6, 6.07) is 0. The average molecular weight is 339 g/mol. The largest absolute Gasteiger partial charge is 0.378 e. The number of thiazole rings is 1. The van der Waals surface area contributed by atoms with Crippen molar-refractivity contribution in [3.05, 3.63) is 5.69 Å². The summed E-state index contributed by atoms with van der Waals surface area (Å²) in [6.45, 7) is 1.53. The van der Waals surface area contributed by atoms with Crippen LogP contribution < -0.4 is 5.32 Å². The molecule has 1 amide bonds. The molecule has 0 unspecified atom stereocenters. The van der Waals surface area contributed by atoms with E-state index in [0.29, 0.717) is 0 Å². The molecule has 1 saturated carbocycles. The lowest BCUT2D eigenvalue weighted by atomic mass is 9.77. The van der Waals surface area contributed by atoms with Crippen LogP contribution in [0.5, 0.6) is 0 Å². The van der Waals surface area contributed by atoms with E-state index in [1.54, 1.807) is 7.11 Å². The van der Waals surface area contributed by atoms with Gasteiger partial charge in [-0.25, -0.2) is 13.4 Å². The van der Waals surface area contributed by atoms with Gasteiger partial charge in [-0.15, -0.1) is 0 Å². The fourth-order valence-electron chi connectivity index (χ4n) is 2.14. The minimum atomic E-state index is -3.83. The molecule has 9 heteroatoms. The van der Waals surface area contributed by atoms with E-state index in [4.69, 9.17) is 15.4 Å². The highest BCUT2D eigenvalue weighted by molar-refractivity contribution is 8.15. The Hall–Kier alpha value is -0.700. The van der Waals surface area contributed by atoms with Gasteiger partial charge in [0.05, 0.1) is 17.7 Å². The highest BCUT2D eigenvalue weighted by Gasteiger charge is 2.39. The maximum absolute atomic E-state index is 11.9. The summed E-state index contributed by atoms with van der Waals surface area (Å²) in [4.78, 5) is 15.9. The number of nitrogens with zero attached hydrogens (tertiary/aromatic N) is 1. The van der Waals surface area contributed by atoms with Gasteiger partial charge < -0.3 is 10.1 Å². The molecule has 1 aliphatic rings. The summed E-state index contributed by atoms with van der Waals surface area (Å²) in [5, 5.41) is 2.83. The number of nitrogens with one attached hydrogen (secondary N) is 1. The van der Waals surface area contributed by atoms with Crippen molar-refractivity contribution in [2.24, 2.45) is 0 Å². The summed E-state index contributed by atoms with van der Waals surface area (Å²) in [5.74, 6) is -0.237. The lowest BCUT2D eigenvalue weighted by Gasteiger charge is -2.39. The number of aryl methyl sites for hydroxylation is 1. The number of carbonyl (C=O) groups is 1. The van der Waals surface area contributed by atoms with Crippen molar-refractivity contribution < 1.29 is 17.9 Å². The molecule has 0 bridgehead atoms. The summed E-state index contributed by atoms with van der Waals surface area (Å²) < 4.78 is 27.9. The molecule has 1 N–H and O–H groups in total. The van der Waals surface area contributed by atoms with Crippen LogP contribution in [0.2, 0.25) is 0 Å². The molecule has 20 heavy (non-hydrogen) atoms. The normalized spacial score (nSPS) is 17.6. The van der Waals surface area contributed by atoms with Crippen LogP contribution in [0.15, 0.2) is 4.21 Å². The molecule has 2 rings (SSSR count). The van der Waals surface area contributed by atoms with Crippen molar-refractivity contribution in [3.63, 3.8) is 0 Å². The molecule has 0 atom stereocenters. The Balaban J connectivity index is 2.05.